The van der Waals surface area contributed by atoms with Crippen molar-refractivity contribution < 1.29 is 23.8 Å². The van der Waals surface area contributed by atoms with Crippen LogP contribution in [0.1, 0.15) is 39.7 Å². The van der Waals surface area contributed by atoms with E-state index in [1.54, 1.807) is 20.3 Å². The van der Waals surface area contributed by atoms with Crippen molar-refractivity contribution in [2.24, 2.45) is 0 Å². The van der Waals surface area contributed by atoms with Crippen LogP contribution in [0, 0.1) is 0 Å². The average Bonchev–Trinajstić information content (AvgIpc) is 2.81. The Balaban J connectivity index is 0.00000125. The molecule has 0 spiro atoms. The lowest BCUT2D eigenvalue weighted by molar-refractivity contribution is -0.120. The number of anilines is 1. The summed E-state index contributed by atoms with van der Waals surface area (Å²) in [5, 5.41) is 0. The number of aldehydes is 1. The van der Waals surface area contributed by atoms with Crippen molar-refractivity contribution in [3.8, 4) is 17.2 Å². The number of hydrogen-bond acceptors (Lipinski definition) is 6. The van der Waals surface area contributed by atoms with Gasteiger partial charge in [0.1, 0.15) is 12.0 Å². The quantitative estimate of drug-likeness (QED) is 0.541. The van der Waals surface area contributed by atoms with Crippen molar-refractivity contribution in [2.75, 3.05) is 26.2 Å². The van der Waals surface area contributed by atoms with Gasteiger partial charge in [0, 0.05) is 36.5 Å². The zero-order chi connectivity index (χ0) is 22.9. The van der Waals surface area contributed by atoms with Gasteiger partial charge in [0.25, 0.3) is 6.47 Å². The van der Waals surface area contributed by atoms with E-state index in [0.717, 1.165) is 23.2 Å². The molecule has 0 radical (unpaired) electrons. The van der Waals surface area contributed by atoms with E-state index in [-0.39, 0.29) is 0 Å². The van der Waals surface area contributed by atoms with E-state index >= 15 is 0 Å². The van der Waals surface area contributed by atoms with Crippen molar-refractivity contribution in [1.29, 1.82) is 0 Å². The highest BCUT2D eigenvalue weighted by molar-refractivity contribution is 5.82. The van der Waals surface area contributed by atoms with Crippen LogP contribution in [0.15, 0.2) is 48.5 Å². The molecule has 0 aliphatic rings. The molecule has 0 N–H and O–H groups in total. The molecule has 0 aliphatic heterocycles. The summed E-state index contributed by atoms with van der Waals surface area (Å²) in [6.07, 6.45) is 3.48. The van der Waals surface area contributed by atoms with Crippen LogP contribution >= 0.6 is 0 Å². The number of carbonyl (C=O) groups is 2. The summed E-state index contributed by atoms with van der Waals surface area (Å²) in [5.41, 5.74) is 2.64. The Kier molecular flexibility index (Phi) is 13.9. The molecule has 0 bridgehead atoms. The number of nitrogens with zero attached hydrogens (tertiary/aromatic N) is 1. The van der Waals surface area contributed by atoms with Gasteiger partial charge in [-0.2, -0.15) is 0 Å². The first-order valence-corrected chi connectivity index (χ1v) is 9.83. The van der Waals surface area contributed by atoms with Crippen LogP contribution in [0.5, 0.6) is 17.2 Å². The lowest BCUT2D eigenvalue weighted by atomic mass is 10.1. The standard InChI is InChI=1S/C19H21NO4.C3H6O.C2H6/c1-5-16(15-8-6-7-9-17(15)24-13-21)20(2)14-10-11-18(22-3)19(12-14)23-4;1-2-3-4;1-2/h5-13H,1-4H3;3H,2H2,1H3;1-2H3/b16-5+;;. The number of hydrogen-bond donors (Lipinski definition) is 0. The number of benzene rings is 2. The first kappa shape index (κ1) is 26.7. The average molecular weight is 416 g/mol. The van der Waals surface area contributed by atoms with Crippen LogP contribution in [0.3, 0.4) is 0 Å². The number of ether oxygens (including phenoxy) is 3. The molecule has 2 aromatic rings. The van der Waals surface area contributed by atoms with Gasteiger partial charge in [-0.3, -0.25) is 4.79 Å². The highest BCUT2D eigenvalue weighted by Gasteiger charge is 2.15. The minimum Gasteiger partial charge on any atom is -0.493 e. The Morgan fingerprint density at radius 3 is 2.07 bits per heavy atom. The summed E-state index contributed by atoms with van der Waals surface area (Å²) in [6.45, 7) is 8.18. The molecule has 0 atom stereocenters. The van der Waals surface area contributed by atoms with Crippen molar-refractivity contribution in [1.82, 2.24) is 0 Å². The molecule has 0 amide bonds. The molecular weight excluding hydrogens is 382 g/mol. The van der Waals surface area contributed by atoms with E-state index in [2.05, 4.69) is 0 Å². The van der Waals surface area contributed by atoms with Gasteiger partial charge in [-0.15, -0.1) is 0 Å². The Morgan fingerprint density at radius 2 is 1.57 bits per heavy atom. The fourth-order valence-electron chi connectivity index (χ4n) is 2.54. The fourth-order valence-corrected chi connectivity index (χ4v) is 2.54. The van der Waals surface area contributed by atoms with Crippen molar-refractivity contribution in [3.05, 3.63) is 54.1 Å². The van der Waals surface area contributed by atoms with E-state index in [1.807, 2.05) is 82.1 Å². The molecular formula is C24H33NO5. The van der Waals surface area contributed by atoms with Gasteiger partial charge in [0.2, 0.25) is 0 Å². The van der Waals surface area contributed by atoms with E-state index in [4.69, 9.17) is 14.2 Å². The molecule has 2 aromatic carbocycles. The van der Waals surface area contributed by atoms with Gasteiger partial charge < -0.3 is 23.9 Å². The Labute approximate surface area is 180 Å². The maximum atomic E-state index is 10.7. The van der Waals surface area contributed by atoms with Crippen LogP contribution in [0.4, 0.5) is 5.69 Å². The van der Waals surface area contributed by atoms with Crippen LogP contribution in [0.25, 0.3) is 5.70 Å². The zero-order valence-corrected chi connectivity index (χ0v) is 19.0. The molecule has 0 saturated heterocycles. The third-order valence-electron chi connectivity index (χ3n) is 3.89. The molecule has 164 valence electrons. The molecule has 0 fully saturated rings. The number of rotatable bonds is 8. The zero-order valence-electron chi connectivity index (χ0n) is 19.0. The largest absolute Gasteiger partial charge is 0.493 e. The maximum Gasteiger partial charge on any atom is 0.298 e. The van der Waals surface area contributed by atoms with Crippen molar-refractivity contribution in [3.63, 3.8) is 0 Å². The second-order valence-electron chi connectivity index (χ2n) is 5.56. The highest BCUT2D eigenvalue weighted by atomic mass is 16.5. The summed E-state index contributed by atoms with van der Waals surface area (Å²) < 4.78 is 15.7. The predicted octanol–water partition coefficient (Wildman–Crippen LogP) is 5.36. The maximum absolute atomic E-state index is 10.7. The lowest BCUT2D eigenvalue weighted by Crippen LogP contribution is -2.16. The fraction of sp³-hybridized carbons (Fsp3) is 0.333. The Morgan fingerprint density at radius 1 is 0.967 bits per heavy atom. The number of carbonyl (C=O) groups excluding carboxylic acids is 2. The first-order valence-electron chi connectivity index (χ1n) is 9.83. The molecule has 30 heavy (non-hydrogen) atoms. The molecule has 0 unspecified atom stereocenters. The summed E-state index contributed by atoms with van der Waals surface area (Å²) >= 11 is 0. The van der Waals surface area contributed by atoms with E-state index in [9.17, 15) is 9.59 Å². The second kappa shape index (κ2) is 15.6. The molecule has 0 aliphatic carbocycles. The normalized spacial score (nSPS) is 9.77. The van der Waals surface area contributed by atoms with Gasteiger partial charge in [-0.1, -0.05) is 39.0 Å². The van der Waals surface area contributed by atoms with Crippen LogP contribution in [-0.2, 0) is 9.59 Å². The highest BCUT2D eigenvalue weighted by Crippen LogP contribution is 2.35. The lowest BCUT2D eigenvalue weighted by Gasteiger charge is -2.25. The summed E-state index contributed by atoms with van der Waals surface area (Å²) in [5.74, 6) is 1.82. The number of allylic oxidation sites excluding steroid dienone is 1. The molecule has 0 saturated carbocycles. The predicted molar refractivity (Wildman–Crippen MR) is 122 cm³/mol. The van der Waals surface area contributed by atoms with Crippen molar-refractivity contribution in [2.45, 2.75) is 34.1 Å². The summed E-state index contributed by atoms with van der Waals surface area (Å²) in [7, 11) is 5.14. The van der Waals surface area contributed by atoms with Crippen LogP contribution < -0.4 is 19.1 Å². The Hall–Kier alpha value is -3.28. The van der Waals surface area contributed by atoms with E-state index in [1.165, 1.54) is 0 Å². The van der Waals surface area contributed by atoms with Gasteiger partial charge >= 0.3 is 0 Å². The smallest absolute Gasteiger partial charge is 0.298 e. The molecule has 0 aromatic heterocycles. The summed E-state index contributed by atoms with van der Waals surface area (Å²) in [6, 6.07) is 13.1. The molecule has 6 nitrogen and oxygen atoms in total. The minimum absolute atomic E-state index is 0.433. The monoisotopic (exact) mass is 415 g/mol. The topological polar surface area (TPSA) is 65.1 Å². The van der Waals surface area contributed by atoms with Crippen LogP contribution in [0.2, 0.25) is 0 Å². The first-order chi connectivity index (χ1) is 14.6. The van der Waals surface area contributed by atoms with Gasteiger partial charge in [-0.05, 0) is 31.2 Å². The Bertz CT molecular complexity index is 802. The number of para-hydroxylation sites is 1. The number of methoxy groups -OCH3 is 2. The second-order valence-corrected chi connectivity index (χ2v) is 5.56. The van der Waals surface area contributed by atoms with Gasteiger partial charge in [-0.25, -0.2) is 0 Å². The molecule has 6 heteroatoms. The van der Waals surface area contributed by atoms with Crippen molar-refractivity contribution >= 4 is 24.1 Å². The van der Waals surface area contributed by atoms with Gasteiger partial charge in [0.15, 0.2) is 11.5 Å². The van der Waals surface area contributed by atoms with E-state index in [0.29, 0.717) is 30.1 Å². The molecule has 2 rings (SSSR count). The molecule has 0 heterocycles. The van der Waals surface area contributed by atoms with Crippen LogP contribution in [-0.4, -0.2) is 34.0 Å². The SMILES string of the molecule is C/C=C(\c1ccccc1OC=O)N(C)c1ccc(OC)c(OC)c1.CC.CCC=O. The van der Waals surface area contributed by atoms with E-state index < -0.39 is 0 Å². The third-order valence-corrected chi connectivity index (χ3v) is 3.89. The minimum atomic E-state index is 0.433. The summed E-state index contributed by atoms with van der Waals surface area (Å²) in [4.78, 5) is 21.9. The third kappa shape index (κ3) is 7.62. The van der Waals surface area contributed by atoms with Gasteiger partial charge in [0.05, 0.1) is 14.2 Å².